The molecule has 15 heavy (non-hydrogen) atoms. The highest BCUT2D eigenvalue weighted by Crippen LogP contribution is 2.15. The molecule has 0 aliphatic carbocycles. The van der Waals surface area contributed by atoms with Crippen LogP contribution >= 0.6 is 0 Å². The number of hydrogen-bond acceptors (Lipinski definition) is 2. The van der Waals surface area contributed by atoms with Crippen LogP contribution in [-0.2, 0) is 0 Å². The topological polar surface area (TPSA) is 67.2 Å². The fraction of sp³-hybridized carbons (Fsp3) is 0.300. The highest BCUT2D eigenvalue weighted by molar-refractivity contribution is 5.89. The second kappa shape index (κ2) is 5.31. The molecular formula is C10H14FN3O. The summed E-state index contributed by atoms with van der Waals surface area (Å²) in [6.07, 6.45) is 0. The van der Waals surface area contributed by atoms with Crippen LogP contribution in [0.1, 0.15) is 5.56 Å². The van der Waals surface area contributed by atoms with Crippen LogP contribution in [0.4, 0.5) is 14.9 Å². The lowest BCUT2D eigenvalue weighted by Gasteiger charge is -2.08. The van der Waals surface area contributed by atoms with E-state index < -0.39 is 0 Å². The van der Waals surface area contributed by atoms with Crippen LogP contribution in [0, 0.1) is 12.7 Å². The normalized spacial score (nSPS) is 9.80. The lowest BCUT2D eigenvalue weighted by atomic mass is 10.2. The van der Waals surface area contributed by atoms with Gasteiger partial charge in [-0.05, 0) is 30.7 Å². The van der Waals surface area contributed by atoms with Crippen LogP contribution in [0.2, 0.25) is 0 Å². The molecule has 0 aromatic heterocycles. The third kappa shape index (κ3) is 3.55. The van der Waals surface area contributed by atoms with Crippen LogP contribution < -0.4 is 16.4 Å². The Bertz CT molecular complexity index is 355. The molecule has 0 aliphatic heterocycles. The minimum atomic E-state index is -0.338. The number of anilines is 1. The van der Waals surface area contributed by atoms with Crippen LogP contribution in [0.25, 0.3) is 0 Å². The third-order valence-electron chi connectivity index (χ3n) is 1.87. The fourth-order valence-electron chi connectivity index (χ4n) is 1.12. The first kappa shape index (κ1) is 11.5. The average molecular weight is 211 g/mol. The molecule has 1 aromatic rings. The van der Waals surface area contributed by atoms with Gasteiger partial charge in [-0.1, -0.05) is 0 Å². The lowest BCUT2D eigenvalue weighted by molar-refractivity contribution is 0.252. The molecule has 0 saturated heterocycles. The van der Waals surface area contributed by atoms with Crippen molar-refractivity contribution in [1.82, 2.24) is 5.32 Å². The van der Waals surface area contributed by atoms with E-state index in [-0.39, 0.29) is 11.8 Å². The summed E-state index contributed by atoms with van der Waals surface area (Å²) in [4.78, 5) is 11.2. The van der Waals surface area contributed by atoms with Gasteiger partial charge in [-0.2, -0.15) is 0 Å². The molecule has 4 N–H and O–H groups in total. The monoisotopic (exact) mass is 211 g/mol. The summed E-state index contributed by atoms with van der Waals surface area (Å²) < 4.78 is 12.7. The number of benzene rings is 1. The number of rotatable bonds is 3. The number of nitrogens with one attached hydrogen (secondary N) is 2. The van der Waals surface area contributed by atoms with Crippen LogP contribution in [0.3, 0.4) is 0 Å². The van der Waals surface area contributed by atoms with Gasteiger partial charge in [0.1, 0.15) is 5.82 Å². The predicted octanol–water partition coefficient (Wildman–Crippen LogP) is 1.21. The fourth-order valence-corrected chi connectivity index (χ4v) is 1.12. The van der Waals surface area contributed by atoms with Crippen molar-refractivity contribution in [2.45, 2.75) is 6.92 Å². The van der Waals surface area contributed by atoms with Gasteiger partial charge in [0.25, 0.3) is 0 Å². The molecule has 0 atom stereocenters. The van der Waals surface area contributed by atoms with Crippen molar-refractivity contribution in [2.75, 3.05) is 18.4 Å². The number of carbonyl (C=O) groups is 1. The molecule has 5 heteroatoms. The van der Waals surface area contributed by atoms with E-state index in [2.05, 4.69) is 10.6 Å². The average Bonchev–Trinajstić information content (AvgIpc) is 2.19. The summed E-state index contributed by atoms with van der Waals surface area (Å²) >= 11 is 0. The third-order valence-corrected chi connectivity index (χ3v) is 1.87. The van der Waals surface area contributed by atoms with Gasteiger partial charge in [-0.25, -0.2) is 9.18 Å². The Balaban J connectivity index is 2.60. The van der Waals surface area contributed by atoms with E-state index in [9.17, 15) is 9.18 Å². The highest BCUT2D eigenvalue weighted by Gasteiger charge is 2.03. The van der Waals surface area contributed by atoms with E-state index in [1.165, 1.54) is 18.2 Å². The molecule has 0 heterocycles. The summed E-state index contributed by atoms with van der Waals surface area (Å²) in [5.41, 5.74) is 6.50. The van der Waals surface area contributed by atoms with E-state index in [0.29, 0.717) is 24.3 Å². The Hall–Kier alpha value is -1.62. The summed E-state index contributed by atoms with van der Waals surface area (Å²) in [6, 6.07) is 3.84. The first-order valence-corrected chi connectivity index (χ1v) is 4.64. The second-order valence-electron chi connectivity index (χ2n) is 3.13. The zero-order valence-electron chi connectivity index (χ0n) is 8.51. The molecule has 0 saturated carbocycles. The van der Waals surface area contributed by atoms with Gasteiger partial charge in [0.15, 0.2) is 0 Å². The standard InChI is InChI=1S/C10H14FN3O/c1-7-6-8(11)2-3-9(7)14-10(15)13-5-4-12/h2-3,6H,4-5,12H2,1H3,(H2,13,14,15). The van der Waals surface area contributed by atoms with Crippen molar-refractivity contribution in [1.29, 1.82) is 0 Å². The molecule has 2 amide bonds. The Morgan fingerprint density at radius 1 is 1.53 bits per heavy atom. The number of halogens is 1. The Kier molecular flexibility index (Phi) is 4.05. The van der Waals surface area contributed by atoms with Crippen molar-refractivity contribution >= 4 is 11.7 Å². The van der Waals surface area contributed by atoms with Gasteiger partial charge in [-0.15, -0.1) is 0 Å². The van der Waals surface area contributed by atoms with E-state index >= 15 is 0 Å². The van der Waals surface area contributed by atoms with E-state index in [0.717, 1.165) is 0 Å². The van der Waals surface area contributed by atoms with Crippen molar-refractivity contribution in [2.24, 2.45) is 5.73 Å². The maximum Gasteiger partial charge on any atom is 0.319 e. The van der Waals surface area contributed by atoms with Crippen LogP contribution in [0.5, 0.6) is 0 Å². The summed E-state index contributed by atoms with van der Waals surface area (Å²) in [6.45, 7) is 2.52. The largest absolute Gasteiger partial charge is 0.337 e. The maximum atomic E-state index is 12.7. The van der Waals surface area contributed by atoms with E-state index in [1.807, 2.05) is 0 Å². The summed E-state index contributed by atoms with van der Waals surface area (Å²) in [7, 11) is 0. The Morgan fingerprint density at radius 2 is 2.27 bits per heavy atom. The number of carbonyl (C=O) groups excluding carboxylic acids is 1. The first-order chi connectivity index (χ1) is 7.13. The molecule has 0 aliphatic rings. The molecular weight excluding hydrogens is 197 g/mol. The SMILES string of the molecule is Cc1cc(F)ccc1NC(=O)NCCN. The van der Waals surface area contributed by atoms with Crippen molar-refractivity contribution in [3.05, 3.63) is 29.6 Å². The molecule has 1 aromatic carbocycles. The quantitative estimate of drug-likeness (QED) is 0.703. The van der Waals surface area contributed by atoms with Crippen LogP contribution in [0.15, 0.2) is 18.2 Å². The Morgan fingerprint density at radius 3 is 2.87 bits per heavy atom. The minimum absolute atomic E-state index is 0.319. The molecule has 0 bridgehead atoms. The molecule has 0 radical (unpaired) electrons. The minimum Gasteiger partial charge on any atom is -0.337 e. The van der Waals surface area contributed by atoms with E-state index in [4.69, 9.17) is 5.73 Å². The van der Waals surface area contributed by atoms with Gasteiger partial charge in [-0.3, -0.25) is 0 Å². The smallest absolute Gasteiger partial charge is 0.319 e. The Labute approximate surface area is 87.7 Å². The van der Waals surface area contributed by atoms with Crippen molar-refractivity contribution < 1.29 is 9.18 Å². The van der Waals surface area contributed by atoms with Gasteiger partial charge in [0.2, 0.25) is 0 Å². The molecule has 4 nitrogen and oxygen atoms in total. The van der Waals surface area contributed by atoms with Gasteiger partial charge in [0, 0.05) is 18.8 Å². The highest BCUT2D eigenvalue weighted by atomic mass is 19.1. The lowest BCUT2D eigenvalue weighted by Crippen LogP contribution is -2.33. The van der Waals surface area contributed by atoms with Gasteiger partial charge < -0.3 is 16.4 Å². The maximum absolute atomic E-state index is 12.7. The van der Waals surface area contributed by atoms with Crippen molar-refractivity contribution in [3.63, 3.8) is 0 Å². The molecule has 0 spiro atoms. The summed E-state index contributed by atoms with van der Waals surface area (Å²) in [5, 5.41) is 5.15. The van der Waals surface area contributed by atoms with E-state index in [1.54, 1.807) is 6.92 Å². The number of amides is 2. The predicted molar refractivity (Wildman–Crippen MR) is 57.2 cm³/mol. The summed E-state index contributed by atoms with van der Waals surface area (Å²) in [5.74, 6) is -0.319. The van der Waals surface area contributed by atoms with Crippen molar-refractivity contribution in [3.8, 4) is 0 Å². The second-order valence-corrected chi connectivity index (χ2v) is 3.13. The van der Waals surface area contributed by atoms with Gasteiger partial charge >= 0.3 is 6.03 Å². The molecule has 0 unspecified atom stereocenters. The molecule has 1 rings (SSSR count). The number of aryl methyl sites for hydroxylation is 1. The number of hydrogen-bond donors (Lipinski definition) is 3. The zero-order valence-corrected chi connectivity index (χ0v) is 8.51. The first-order valence-electron chi connectivity index (χ1n) is 4.64. The number of urea groups is 1. The number of nitrogens with two attached hydrogens (primary N) is 1. The van der Waals surface area contributed by atoms with Gasteiger partial charge in [0.05, 0.1) is 0 Å². The molecule has 82 valence electrons. The van der Waals surface area contributed by atoms with Crippen LogP contribution in [-0.4, -0.2) is 19.1 Å². The zero-order chi connectivity index (χ0) is 11.3. The molecule has 0 fully saturated rings.